The molecule has 2 amide bonds. The smallest absolute Gasteiger partial charge is 0.263 e. The Morgan fingerprint density at radius 3 is 2.83 bits per heavy atom. The number of β-amino-alcohol motifs (C(OH)–C–C–N with tert-alkyl or cyclic N) is 1. The molecular formula is C16H17N3O3S. The largest absolute Gasteiger partial charge is 0.391 e. The maximum absolute atomic E-state index is 12.3. The maximum Gasteiger partial charge on any atom is 0.263 e. The second-order valence-corrected chi connectivity index (χ2v) is 6.42. The van der Waals surface area contributed by atoms with Gasteiger partial charge in [-0.15, -0.1) is 0 Å². The molecule has 3 rings (SSSR count). The van der Waals surface area contributed by atoms with Crippen molar-refractivity contribution in [1.82, 2.24) is 10.3 Å². The molecule has 1 aliphatic heterocycles. The van der Waals surface area contributed by atoms with Crippen LogP contribution in [0.25, 0.3) is 0 Å². The number of aliphatic hydroxyl groups excluding tert-OH is 1. The Labute approximate surface area is 137 Å². The van der Waals surface area contributed by atoms with Gasteiger partial charge in [0.05, 0.1) is 24.8 Å². The molecule has 2 heterocycles. The van der Waals surface area contributed by atoms with Gasteiger partial charge in [-0.3, -0.25) is 14.5 Å². The molecule has 1 aromatic carbocycles. The molecule has 2 aromatic rings. The van der Waals surface area contributed by atoms with Crippen LogP contribution in [0.4, 0.5) is 5.13 Å². The zero-order valence-electron chi connectivity index (χ0n) is 12.7. The van der Waals surface area contributed by atoms with Gasteiger partial charge in [-0.1, -0.05) is 41.7 Å². The Morgan fingerprint density at radius 1 is 1.43 bits per heavy atom. The maximum atomic E-state index is 12.3. The van der Waals surface area contributed by atoms with Crippen molar-refractivity contribution >= 4 is 28.3 Å². The van der Waals surface area contributed by atoms with Crippen LogP contribution in [0.3, 0.4) is 0 Å². The Bertz CT molecular complexity index is 729. The summed E-state index contributed by atoms with van der Waals surface area (Å²) in [5.74, 6) is -0.371. The molecule has 120 valence electrons. The molecule has 23 heavy (non-hydrogen) atoms. The van der Waals surface area contributed by atoms with Gasteiger partial charge < -0.3 is 10.4 Å². The number of benzene rings is 1. The summed E-state index contributed by atoms with van der Waals surface area (Å²) in [7, 11) is 0. The minimum atomic E-state index is -0.665. The van der Waals surface area contributed by atoms with Gasteiger partial charge in [0.2, 0.25) is 5.91 Å². The SMILES string of the molecule is Cc1nc(N2C[C@H](O)CC2=O)sc1C(=O)NCc1ccccc1. The highest BCUT2D eigenvalue weighted by molar-refractivity contribution is 7.17. The first-order valence-electron chi connectivity index (χ1n) is 7.32. The summed E-state index contributed by atoms with van der Waals surface area (Å²) >= 11 is 1.18. The lowest BCUT2D eigenvalue weighted by Gasteiger charge is -2.10. The van der Waals surface area contributed by atoms with Gasteiger partial charge in [0.1, 0.15) is 4.88 Å². The van der Waals surface area contributed by atoms with E-state index in [1.807, 2.05) is 30.3 Å². The Kier molecular flexibility index (Phi) is 4.40. The molecule has 0 aliphatic carbocycles. The molecule has 1 aromatic heterocycles. The number of rotatable bonds is 4. The van der Waals surface area contributed by atoms with E-state index in [0.717, 1.165) is 5.56 Å². The monoisotopic (exact) mass is 331 g/mol. The van der Waals surface area contributed by atoms with Crippen LogP contribution < -0.4 is 10.2 Å². The van der Waals surface area contributed by atoms with E-state index in [-0.39, 0.29) is 24.8 Å². The topological polar surface area (TPSA) is 82.5 Å². The average molecular weight is 331 g/mol. The van der Waals surface area contributed by atoms with Crippen LogP contribution in [0.15, 0.2) is 30.3 Å². The fourth-order valence-electron chi connectivity index (χ4n) is 2.44. The van der Waals surface area contributed by atoms with E-state index < -0.39 is 6.10 Å². The molecule has 6 nitrogen and oxygen atoms in total. The number of aryl methyl sites for hydroxylation is 1. The molecule has 1 saturated heterocycles. The normalized spacial score (nSPS) is 17.6. The van der Waals surface area contributed by atoms with Crippen molar-refractivity contribution in [3.63, 3.8) is 0 Å². The first-order chi connectivity index (χ1) is 11.0. The summed E-state index contributed by atoms with van der Waals surface area (Å²) in [6.07, 6.45) is -0.559. The molecule has 2 N–H and O–H groups in total. The van der Waals surface area contributed by atoms with E-state index in [1.165, 1.54) is 16.2 Å². The number of hydrogen-bond acceptors (Lipinski definition) is 5. The van der Waals surface area contributed by atoms with Crippen LogP contribution in [0, 0.1) is 6.92 Å². The van der Waals surface area contributed by atoms with E-state index in [0.29, 0.717) is 22.2 Å². The number of aromatic nitrogens is 1. The minimum Gasteiger partial charge on any atom is -0.391 e. The predicted octanol–water partition coefficient (Wildman–Crippen LogP) is 1.48. The van der Waals surface area contributed by atoms with Gasteiger partial charge in [0.25, 0.3) is 5.91 Å². The number of thiazole rings is 1. The van der Waals surface area contributed by atoms with Gasteiger partial charge >= 0.3 is 0 Å². The molecular weight excluding hydrogens is 314 g/mol. The molecule has 1 atom stereocenters. The lowest BCUT2D eigenvalue weighted by molar-refractivity contribution is -0.117. The lowest BCUT2D eigenvalue weighted by atomic mass is 10.2. The number of carbonyl (C=O) groups excluding carboxylic acids is 2. The summed E-state index contributed by atoms with van der Waals surface area (Å²) in [5, 5.41) is 12.9. The average Bonchev–Trinajstić information content (AvgIpc) is 3.08. The van der Waals surface area contributed by atoms with Crippen molar-refractivity contribution in [1.29, 1.82) is 0 Å². The van der Waals surface area contributed by atoms with Crippen LogP contribution in [-0.2, 0) is 11.3 Å². The van der Waals surface area contributed by atoms with Crippen molar-refractivity contribution in [3.05, 3.63) is 46.5 Å². The summed E-state index contributed by atoms with van der Waals surface area (Å²) in [5.41, 5.74) is 1.60. The van der Waals surface area contributed by atoms with Gasteiger partial charge in [0.15, 0.2) is 5.13 Å². The second-order valence-electron chi connectivity index (χ2n) is 5.44. The van der Waals surface area contributed by atoms with Crippen LogP contribution in [0.1, 0.15) is 27.3 Å². The van der Waals surface area contributed by atoms with Crippen LogP contribution >= 0.6 is 11.3 Å². The summed E-state index contributed by atoms with van der Waals surface area (Å²) in [6, 6.07) is 9.64. The van der Waals surface area contributed by atoms with E-state index in [4.69, 9.17) is 0 Å². The first-order valence-corrected chi connectivity index (χ1v) is 8.14. The number of anilines is 1. The number of hydrogen-bond donors (Lipinski definition) is 2. The van der Waals surface area contributed by atoms with Gasteiger partial charge in [-0.2, -0.15) is 0 Å². The summed E-state index contributed by atoms with van der Waals surface area (Å²) < 4.78 is 0. The molecule has 7 heteroatoms. The Morgan fingerprint density at radius 2 is 2.17 bits per heavy atom. The molecule has 1 aliphatic rings. The van der Waals surface area contributed by atoms with E-state index in [1.54, 1.807) is 6.92 Å². The number of amides is 2. The molecule has 0 radical (unpaired) electrons. The summed E-state index contributed by atoms with van der Waals surface area (Å²) in [4.78, 5) is 30.4. The van der Waals surface area contributed by atoms with Crippen LogP contribution in [0.5, 0.6) is 0 Å². The zero-order chi connectivity index (χ0) is 16.4. The number of aliphatic hydroxyl groups is 1. The molecule has 0 spiro atoms. The molecule has 1 fully saturated rings. The highest BCUT2D eigenvalue weighted by atomic mass is 32.1. The fourth-order valence-corrected chi connectivity index (χ4v) is 3.45. The van der Waals surface area contributed by atoms with E-state index >= 15 is 0 Å². The Balaban J connectivity index is 1.70. The highest BCUT2D eigenvalue weighted by Gasteiger charge is 2.32. The number of nitrogens with one attached hydrogen (secondary N) is 1. The number of nitrogens with zero attached hydrogens (tertiary/aromatic N) is 2. The van der Waals surface area contributed by atoms with Gasteiger partial charge in [-0.05, 0) is 12.5 Å². The molecule has 0 saturated carbocycles. The number of carbonyl (C=O) groups is 2. The van der Waals surface area contributed by atoms with E-state index in [2.05, 4.69) is 10.3 Å². The lowest BCUT2D eigenvalue weighted by Crippen LogP contribution is -2.25. The minimum absolute atomic E-state index is 0.105. The quantitative estimate of drug-likeness (QED) is 0.889. The fraction of sp³-hybridized carbons (Fsp3) is 0.312. The third-order valence-corrected chi connectivity index (χ3v) is 4.80. The zero-order valence-corrected chi connectivity index (χ0v) is 13.5. The van der Waals surface area contributed by atoms with Crippen molar-refractivity contribution in [2.75, 3.05) is 11.4 Å². The molecule has 0 bridgehead atoms. The van der Waals surface area contributed by atoms with E-state index in [9.17, 15) is 14.7 Å². The van der Waals surface area contributed by atoms with Crippen molar-refractivity contribution in [2.45, 2.75) is 26.0 Å². The highest BCUT2D eigenvalue weighted by Crippen LogP contribution is 2.29. The van der Waals surface area contributed by atoms with Crippen molar-refractivity contribution in [3.8, 4) is 0 Å². The molecule has 0 unspecified atom stereocenters. The van der Waals surface area contributed by atoms with Gasteiger partial charge in [-0.25, -0.2) is 4.98 Å². The van der Waals surface area contributed by atoms with Crippen LogP contribution in [0.2, 0.25) is 0 Å². The Hall–Kier alpha value is -2.25. The van der Waals surface area contributed by atoms with Gasteiger partial charge in [0, 0.05) is 6.54 Å². The standard InChI is InChI=1S/C16H17N3O3S/c1-10-14(15(22)17-8-11-5-3-2-4-6-11)23-16(18-10)19-9-12(20)7-13(19)21/h2-6,12,20H,7-9H2,1H3,(H,17,22)/t12-/m1/s1. The first kappa shape index (κ1) is 15.6. The van der Waals surface area contributed by atoms with Crippen LogP contribution in [-0.4, -0.2) is 34.6 Å². The van der Waals surface area contributed by atoms with Crippen molar-refractivity contribution in [2.24, 2.45) is 0 Å². The third kappa shape index (κ3) is 3.40. The second kappa shape index (κ2) is 6.47. The van der Waals surface area contributed by atoms with Crippen molar-refractivity contribution < 1.29 is 14.7 Å². The summed E-state index contributed by atoms with van der Waals surface area (Å²) in [6.45, 7) is 2.42. The predicted molar refractivity (Wildman–Crippen MR) is 87.4 cm³/mol. The third-order valence-electron chi connectivity index (χ3n) is 3.62.